The smallest absolute Gasteiger partial charge is 0.221 e. The Morgan fingerprint density at radius 3 is 2.40 bits per heavy atom. The molecule has 0 aliphatic heterocycles. The molecular formula is C21H19FN2O. The molecule has 0 radical (unpaired) electrons. The van der Waals surface area contributed by atoms with Crippen LogP contribution in [0.15, 0.2) is 79.0 Å². The van der Waals surface area contributed by atoms with Crippen molar-refractivity contribution in [2.75, 3.05) is 0 Å². The number of carbonyl (C=O) groups excluding carboxylic acids is 1. The Bertz CT molecular complexity index is 782. The molecule has 0 saturated carbocycles. The van der Waals surface area contributed by atoms with E-state index in [-0.39, 0.29) is 24.2 Å². The lowest BCUT2D eigenvalue weighted by atomic mass is 10.0. The first-order chi connectivity index (χ1) is 12.2. The van der Waals surface area contributed by atoms with Crippen LogP contribution in [0, 0.1) is 5.82 Å². The molecular weight excluding hydrogens is 315 g/mol. The monoisotopic (exact) mass is 334 g/mol. The lowest BCUT2D eigenvalue weighted by Crippen LogP contribution is -2.30. The molecule has 0 aliphatic rings. The molecule has 2 aromatic carbocycles. The molecule has 0 spiro atoms. The minimum Gasteiger partial charge on any atom is -0.344 e. The molecule has 1 atom stereocenters. The summed E-state index contributed by atoms with van der Waals surface area (Å²) in [7, 11) is 0. The van der Waals surface area contributed by atoms with Crippen molar-refractivity contribution in [2.24, 2.45) is 0 Å². The van der Waals surface area contributed by atoms with Crippen molar-refractivity contribution >= 4 is 5.91 Å². The van der Waals surface area contributed by atoms with Gasteiger partial charge in [-0.05, 0) is 35.7 Å². The van der Waals surface area contributed by atoms with E-state index in [9.17, 15) is 9.18 Å². The van der Waals surface area contributed by atoms with Gasteiger partial charge in [0.15, 0.2) is 0 Å². The number of pyridine rings is 1. The number of nitrogens with zero attached hydrogens (tertiary/aromatic N) is 1. The van der Waals surface area contributed by atoms with Gasteiger partial charge < -0.3 is 5.32 Å². The summed E-state index contributed by atoms with van der Waals surface area (Å²) in [5, 5.41) is 3.02. The third-order valence-electron chi connectivity index (χ3n) is 4.00. The summed E-state index contributed by atoms with van der Waals surface area (Å²) in [6, 6.07) is 21.5. The van der Waals surface area contributed by atoms with E-state index in [0.29, 0.717) is 12.0 Å². The number of aromatic nitrogens is 1. The van der Waals surface area contributed by atoms with E-state index in [2.05, 4.69) is 10.3 Å². The van der Waals surface area contributed by atoms with E-state index < -0.39 is 0 Å². The minimum absolute atomic E-state index is 0.136. The fourth-order valence-corrected chi connectivity index (χ4v) is 2.70. The molecule has 4 heteroatoms. The van der Waals surface area contributed by atoms with Crippen molar-refractivity contribution in [2.45, 2.75) is 18.9 Å². The molecule has 1 N–H and O–H groups in total. The highest BCUT2D eigenvalue weighted by Gasteiger charge is 2.17. The maximum absolute atomic E-state index is 13.7. The summed E-state index contributed by atoms with van der Waals surface area (Å²) in [4.78, 5) is 16.8. The number of carbonyl (C=O) groups is 1. The Balaban J connectivity index is 1.72. The van der Waals surface area contributed by atoms with E-state index in [0.717, 1.165) is 11.3 Å². The molecule has 0 saturated heterocycles. The van der Waals surface area contributed by atoms with Crippen molar-refractivity contribution in [3.8, 4) is 0 Å². The Labute approximate surface area is 146 Å². The molecule has 1 amide bonds. The minimum atomic E-state index is -0.324. The van der Waals surface area contributed by atoms with Gasteiger partial charge in [-0.2, -0.15) is 0 Å². The molecule has 0 aliphatic carbocycles. The standard InChI is InChI=1S/C21H19FN2O/c22-18-11-5-4-8-16(18)13-14-20(25)24-21(17-9-2-1-3-10-17)19-12-6-7-15-23-19/h1-12,15,21H,13-14H2,(H,24,25). The summed E-state index contributed by atoms with van der Waals surface area (Å²) in [5.41, 5.74) is 2.28. The van der Waals surface area contributed by atoms with Gasteiger partial charge in [-0.15, -0.1) is 0 Å². The van der Waals surface area contributed by atoms with E-state index in [4.69, 9.17) is 0 Å². The Morgan fingerprint density at radius 1 is 0.960 bits per heavy atom. The van der Waals surface area contributed by atoms with Crippen LogP contribution in [-0.4, -0.2) is 10.9 Å². The normalized spacial score (nSPS) is 11.7. The second-order valence-electron chi connectivity index (χ2n) is 5.76. The van der Waals surface area contributed by atoms with E-state index in [1.54, 1.807) is 24.4 Å². The zero-order valence-corrected chi connectivity index (χ0v) is 13.7. The van der Waals surface area contributed by atoms with Gasteiger partial charge >= 0.3 is 0 Å². The number of nitrogens with one attached hydrogen (secondary N) is 1. The average Bonchev–Trinajstić information content (AvgIpc) is 2.67. The van der Waals surface area contributed by atoms with Crippen LogP contribution in [0.25, 0.3) is 0 Å². The van der Waals surface area contributed by atoms with Gasteiger partial charge in [0.2, 0.25) is 5.91 Å². The van der Waals surface area contributed by atoms with Crippen molar-refractivity contribution < 1.29 is 9.18 Å². The first kappa shape index (κ1) is 16.8. The summed E-state index contributed by atoms with van der Waals surface area (Å²) in [6.07, 6.45) is 2.29. The van der Waals surface area contributed by atoms with Crippen molar-refractivity contribution in [1.29, 1.82) is 0 Å². The lowest BCUT2D eigenvalue weighted by molar-refractivity contribution is -0.121. The van der Waals surface area contributed by atoms with Gasteiger partial charge in [-0.1, -0.05) is 54.6 Å². The lowest BCUT2D eigenvalue weighted by Gasteiger charge is -2.19. The largest absolute Gasteiger partial charge is 0.344 e. The number of benzene rings is 2. The van der Waals surface area contributed by atoms with E-state index in [1.807, 2.05) is 48.5 Å². The zero-order chi connectivity index (χ0) is 17.5. The molecule has 0 fully saturated rings. The van der Waals surface area contributed by atoms with Crippen molar-refractivity contribution in [3.05, 3.63) is 102 Å². The van der Waals surface area contributed by atoms with Crippen LogP contribution in [0.4, 0.5) is 4.39 Å². The topological polar surface area (TPSA) is 42.0 Å². The summed E-state index contributed by atoms with van der Waals surface area (Å²) in [5.74, 6) is -0.414. The highest BCUT2D eigenvalue weighted by molar-refractivity contribution is 5.77. The molecule has 25 heavy (non-hydrogen) atoms. The number of hydrogen-bond acceptors (Lipinski definition) is 2. The molecule has 3 rings (SSSR count). The highest BCUT2D eigenvalue weighted by Crippen LogP contribution is 2.20. The number of aryl methyl sites for hydroxylation is 1. The zero-order valence-electron chi connectivity index (χ0n) is 13.7. The highest BCUT2D eigenvalue weighted by atomic mass is 19.1. The van der Waals surface area contributed by atoms with Crippen molar-refractivity contribution in [3.63, 3.8) is 0 Å². The third-order valence-corrected chi connectivity index (χ3v) is 4.00. The first-order valence-corrected chi connectivity index (χ1v) is 8.22. The number of rotatable bonds is 6. The quantitative estimate of drug-likeness (QED) is 0.739. The molecule has 0 bridgehead atoms. The van der Waals surface area contributed by atoms with Gasteiger partial charge in [0.05, 0.1) is 11.7 Å². The third kappa shape index (κ3) is 4.51. The van der Waals surface area contributed by atoms with Crippen LogP contribution < -0.4 is 5.32 Å². The SMILES string of the molecule is O=C(CCc1ccccc1F)NC(c1ccccc1)c1ccccn1. The summed E-state index contributed by atoms with van der Waals surface area (Å²) < 4.78 is 13.7. The van der Waals surface area contributed by atoms with Gasteiger partial charge in [0, 0.05) is 12.6 Å². The Morgan fingerprint density at radius 2 is 1.68 bits per heavy atom. The molecule has 1 heterocycles. The van der Waals surface area contributed by atoms with Crippen molar-refractivity contribution in [1.82, 2.24) is 10.3 Å². The van der Waals surface area contributed by atoms with Crippen LogP contribution in [0.2, 0.25) is 0 Å². The maximum atomic E-state index is 13.7. The fourth-order valence-electron chi connectivity index (χ4n) is 2.70. The molecule has 1 aromatic heterocycles. The van der Waals surface area contributed by atoms with Gasteiger partial charge in [-0.25, -0.2) is 4.39 Å². The summed E-state index contributed by atoms with van der Waals surface area (Å²) in [6.45, 7) is 0. The molecule has 126 valence electrons. The van der Waals surface area contributed by atoms with E-state index >= 15 is 0 Å². The van der Waals surface area contributed by atoms with Gasteiger partial charge in [-0.3, -0.25) is 9.78 Å². The first-order valence-electron chi connectivity index (χ1n) is 8.22. The predicted octanol–water partition coefficient (Wildman–Crippen LogP) is 4.06. The molecule has 3 nitrogen and oxygen atoms in total. The summed E-state index contributed by atoms with van der Waals surface area (Å²) >= 11 is 0. The Kier molecular flexibility index (Phi) is 5.52. The van der Waals surface area contributed by atoms with Gasteiger partial charge in [0.1, 0.15) is 5.82 Å². The predicted molar refractivity (Wildman–Crippen MR) is 95.4 cm³/mol. The Hall–Kier alpha value is -3.01. The maximum Gasteiger partial charge on any atom is 0.221 e. The average molecular weight is 334 g/mol. The van der Waals surface area contributed by atoms with Crippen LogP contribution in [0.3, 0.4) is 0 Å². The number of hydrogen-bond donors (Lipinski definition) is 1. The van der Waals surface area contributed by atoms with Crippen LogP contribution >= 0.6 is 0 Å². The molecule has 3 aromatic rings. The second-order valence-corrected chi connectivity index (χ2v) is 5.76. The second kappa shape index (κ2) is 8.20. The van der Waals surface area contributed by atoms with Crippen LogP contribution in [-0.2, 0) is 11.2 Å². The van der Waals surface area contributed by atoms with E-state index in [1.165, 1.54) is 6.07 Å². The molecule has 1 unspecified atom stereocenters. The number of halogens is 1. The fraction of sp³-hybridized carbons (Fsp3) is 0.143. The van der Waals surface area contributed by atoms with Crippen LogP contribution in [0.1, 0.15) is 29.3 Å². The van der Waals surface area contributed by atoms with Gasteiger partial charge in [0.25, 0.3) is 0 Å². The van der Waals surface area contributed by atoms with Crippen LogP contribution in [0.5, 0.6) is 0 Å². The number of amides is 1.